The van der Waals surface area contributed by atoms with Crippen LogP contribution in [-0.2, 0) is 20.0 Å². The summed E-state index contributed by atoms with van der Waals surface area (Å²) in [6.45, 7) is 8.53. The number of H-pyrrole nitrogens is 1. The number of nitrogens with zero attached hydrogens (tertiary/aromatic N) is 4. The van der Waals surface area contributed by atoms with Gasteiger partial charge in [-0.3, -0.25) is 0 Å². The summed E-state index contributed by atoms with van der Waals surface area (Å²) in [5, 5.41) is 16.5. The standard InChI is InChI=1S/C21H31N7/c1-5-6-11-22-21(25-14-19-27-26-16(3)28(19)4)23-12-10-17-13-24-18-9-7-8-15(2)20(17)18/h7-9,13,24H,5-6,10-12,14H2,1-4H3,(H2,22,23,25). The number of guanidine groups is 1. The highest BCUT2D eigenvalue weighted by Gasteiger charge is 2.08. The van der Waals surface area contributed by atoms with E-state index in [0.29, 0.717) is 6.54 Å². The molecule has 0 radical (unpaired) electrons. The minimum atomic E-state index is 0.505. The van der Waals surface area contributed by atoms with Crippen LogP contribution in [0.4, 0.5) is 0 Å². The van der Waals surface area contributed by atoms with Crippen molar-refractivity contribution in [1.82, 2.24) is 30.4 Å². The third-order valence-corrected chi connectivity index (χ3v) is 5.07. The van der Waals surface area contributed by atoms with Gasteiger partial charge in [0, 0.05) is 37.2 Å². The van der Waals surface area contributed by atoms with E-state index in [4.69, 9.17) is 4.99 Å². The maximum Gasteiger partial charge on any atom is 0.191 e. The first-order valence-electron chi connectivity index (χ1n) is 10.0. The van der Waals surface area contributed by atoms with Gasteiger partial charge >= 0.3 is 0 Å². The fraction of sp³-hybridized carbons (Fsp3) is 0.476. The van der Waals surface area contributed by atoms with Crippen molar-refractivity contribution < 1.29 is 0 Å². The van der Waals surface area contributed by atoms with Crippen molar-refractivity contribution in [3.8, 4) is 0 Å². The number of hydrogen-bond acceptors (Lipinski definition) is 3. The number of rotatable bonds is 8. The molecule has 0 fully saturated rings. The second-order valence-corrected chi connectivity index (χ2v) is 7.16. The average molecular weight is 382 g/mol. The molecule has 0 aliphatic heterocycles. The van der Waals surface area contributed by atoms with Crippen LogP contribution in [0.2, 0.25) is 0 Å². The largest absolute Gasteiger partial charge is 0.361 e. The van der Waals surface area contributed by atoms with Gasteiger partial charge < -0.3 is 20.2 Å². The number of aryl methyl sites for hydroxylation is 2. The number of aromatic amines is 1. The summed E-state index contributed by atoms with van der Waals surface area (Å²) in [6, 6.07) is 6.38. The highest BCUT2D eigenvalue weighted by molar-refractivity contribution is 5.86. The van der Waals surface area contributed by atoms with Crippen LogP contribution in [0, 0.1) is 13.8 Å². The second-order valence-electron chi connectivity index (χ2n) is 7.16. The Morgan fingerprint density at radius 1 is 1.18 bits per heavy atom. The minimum absolute atomic E-state index is 0.505. The van der Waals surface area contributed by atoms with Crippen molar-refractivity contribution in [2.75, 3.05) is 13.1 Å². The van der Waals surface area contributed by atoms with E-state index < -0.39 is 0 Å². The molecular formula is C21H31N7. The summed E-state index contributed by atoms with van der Waals surface area (Å²) in [5.41, 5.74) is 3.83. The lowest BCUT2D eigenvalue weighted by molar-refractivity contribution is 0.714. The number of aliphatic imine (C=N–C) groups is 1. The van der Waals surface area contributed by atoms with Gasteiger partial charge in [0.2, 0.25) is 0 Å². The average Bonchev–Trinajstić information content (AvgIpc) is 3.24. The van der Waals surface area contributed by atoms with Crippen molar-refractivity contribution in [2.45, 2.75) is 46.6 Å². The predicted molar refractivity (Wildman–Crippen MR) is 115 cm³/mol. The molecule has 0 saturated heterocycles. The Hall–Kier alpha value is -2.83. The van der Waals surface area contributed by atoms with Crippen molar-refractivity contribution in [2.24, 2.45) is 12.0 Å². The normalized spacial score (nSPS) is 11.9. The third kappa shape index (κ3) is 4.71. The van der Waals surface area contributed by atoms with E-state index in [1.807, 2.05) is 18.5 Å². The topological polar surface area (TPSA) is 82.9 Å². The molecule has 3 rings (SSSR count). The fourth-order valence-electron chi connectivity index (χ4n) is 3.26. The quantitative estimate of drug-likeness (QED) is 0.318. The first kappa shape index (κ1) is 19.9. The fourth-order valence-corrected chi connectivity index (χ4v) is 3.26. The Labute approximate surface area is 166 Å². The molecule has 7 nitrogen and oxygen atoms in total. The predicted octanol–water partition coefficient (Wildman–Crippen LogP) is 2.99. The second kappa shape index (κ2) is 9.39. The monoisotopic (exact) mass is 381 g/mol. The Morgan fingerprint density at radius 3 is 2.75 bits per heavy atom. The molecule has 3 aromatic rings. The highest BCUT2D eigenvalue weighted by Crippen LogP contribution is 2.22. The summed E-state index contributed by atoms with van der Waals surface area (Å²) in [4.78, 5) is 8.07. The number of unbranched alkanes of at least 4 members (excludes halogenated alkanes) is 1. The Bertz CT molecular complexity index is 936. The summed E-state index contributed by atoms with van der Waals surface area (Å²) in [5.74, 6) is 2.58. The molecule has 0 spiro atoms. The van der Waals surface area contributed by atoms with E-state index in [9.17, 15) is 0 Å². The van der Waals surface area contributed by atoms with Gasteiger partial charge in [0.1, 0.15) is 12.4 Å². The molecule has 0 aliphatic rings. The van der Waals surface area contributed by atoms with Crippen molar-refractivity contribution in [3.63, 3.8) is 0 Å². The lowest BCUT2D eigenvalue weighted by Crippen LogP contribution is -2.39. The Balaban J connectivity index is 1.63. The van der Waals surface area contributed by atoms with Crippen molar-refractivity contribution in [1.29, 1.82) is 0 Å². The summed E-state index contributed by atoms with van der Waals surface area (Å²) in [7, 11) is 1.97. The highest BCUT2D eigenvalue weighted by atomic mass is 15.3. The lowest BCUT2D eigenvalue weighted by Gasteiger charge is -2.12. The van der Waals surface area contributed by atoms with E-state index in [2.05, 4.69) is 64.1 Å². The minimum Gasteiger partial charge on any atom is -0.361 e. The van der Waals surface area contributed by atoms with Crippen molar-refractivity contribution >= 4 is 16.9 Å². The van der Waals surface area contributed by atoms with Gasteiger partial charge in [-0.2, -0.15) is 0 Å². The van der Waals surface area contributed by atoms with Gasteiger partial charge in [0.05, 0.1) is 0 Å². The van der Waals surface area contributed by atoms with E-state index >= 15 is 0 Å². The van der Waals surface area contributed by atoms with Gasteiger partial charge in [-0.1, -0.05) is 25.5 Å². The van der Waals surface area contributed by atoms with Gasteiger partial charge in [0.25, 0.3) is 0 Å². The van der Waals surface area contributed by atoms with Gasteiger partial charge in [-0.05, 0) is 43.9 Å². The molecule has 7 heteroatoms. The summed E-state index contributed by atoms with van der Waals surface area (Å²) < 4.78 is 1.97. The SMILES string of the molecule is CCCCNC(=NCc1nnc(C)n1C)NCCc1c[nH]c2cccc(C)c12. The zero-order valence-electron chi connectivity index (χ0n) is 17.3. The molecule has 2 heterocycles. The van der Waals surface area contributed by atoms with Crippen LogP contribution in [0.25, 0.3) is 10.9 Å². The molecular weight excluding hydrogens is 350 g/mol. The van der Waals surface area contributed by atoms with E-state index in [1.54, 1.807) is 0 Å². The Kier molecular flexibility index (Phi) is 6.68. The van der Waals surface area contributed by atoms with Crippen LogP contribution in [0.5, 0.6) is 0 Å². The molecule has 28 heavy (non-hydrogen) atoms. The maximum absolute atomic E-state index is 4.70. The molecule has 150 valence electrons. The van der Waals surface area contributed by atoms with Gasteiger partial charge in [0.15, 0.2) is 11.8 Å². The van der Waals surface area contributed by atoms with Gasteiger partial charge in [-0.15, -0.1) is 10.2 Å². The zero-order chi connectivity index (χ0) is 19.9. The van der Waals surface area contributed by atoms with E-state index in [-0.39, 0.29) is 0 Å². The Morgan fingerprint density at radius 2 is 2.00 bits per heavy atom. The smallest absolute Gasteiger partial charge is 0.191 e. The zero-order valence-corrected chi connectivity index (χ0v) is 17.3. The summed E-state index contributed by atoms with van der Waals surface area (Å²) in [6.07, 6.45) is 5.31. The summed E-state index contributed by atoms with van der Waals surface area (Å²) >= 11 is 0. The molecule has 2 aromatic heterocycles. The number of benzene rings is 1. The van der Waals surface area contributed by atoms with Crippen LogP contribution < -0.4 is 10.6 Å². The molecule has 0 amide bonds. The molecule has 0 aliphatic carbocycles. The number of fused-ring (bicyclic) bond motifs is 1. The van der Waals surface area contributed by atoms with E-state index in [0.717, 1.165) is 50.0 Å². The van der Waals surface area contributed by atoms with Crippen LogP contribution in [-0.4, -0.2) is 38.8 Å². The molecule has 0 bridgehead atoms. The lowest BCUT2D eigenvalue weighted by atomic mass is 10.1. The molecule has 3 N–H and O–H groups in total. The first-order valence-corrected chi connectivity index (χ1v) is 10.0. The van der Waals surface area contributed by atoms with Crippen LogP contribution in [0.3, 0.4) is 0 Å². The number of aromatic nitrogens is 4. The molecule has 0 atom stereocenters. The maximum atomic E-state index is 4.70. The van der Waals surface area contributed by atoms with Crippen LogP contribution in [0.15, 0.2) is 29.4 Å². The first-order chi connectivity index (χ1) is 13.6. The molecule has 0 unspecified atom stereocenters. The van der Waals surface area contributed by atoms with Gasteiger partial charge in [-0.25, -0.2) is 4.99 Å². The number of hydrogen-bond donors (Lipinski definition) is 3. The third-order valence-electron chi connectivity index (χ3n) is 5.07. The molecule has 1 aromatic carbocycles. The van der Waals surface area contributed by atoms with Crippen molar-refractivity contribution in [3.05, 3.63) is 47.2 Å². The molecule has 0 saturated carbocycles. The van der Waals surface area contributed by atoms with Crippen LogP contribution in [0.1, 0.15) is 42.5 Å². The van der Waals surface area contributed by atoms with E-state index in [1.165, 1.54) is 22.0 Å². The number of nitrogens with one attached hydrogen (secondary N) is 3. The van der Waals surface area contributed by atoms with Crippen LogP contribution >= 0.6 is 0 Å².